The van der Waals surface area contributed by atoms with E-state index in [4.69, 9.17) is 0 Å². The molecule has 1 aromatic rings. The largest absolute Gasteiger partial charge is 0.265 e. The second kappa shape index (κ2) is 3.65. The molecule has 1 aromatic heterocycles. The van der Waals surface area contributed by atoms with Crippen LogP contribution < -0.4 is 0 Å². The van der Waals surface area contributed by atoms with Gasteiger partial charge in [0.15, 0.2) is 0 Å². The zero-order valence-electron chi connectivity index (χ0n) is 7.01. The lowest BCUT2D eigenvalue weighted by molar-refractivity contribution is 1.32. The maximum Gasteiger partial charge on any atom is 0.105 e. The molecule has 0 N–H and O–H groups in total. The quantitative estimate of drug-likeness (QED) is 0.490. The first-order chi connectivity index (χ1) is 6.45. The summed E-state index contributed by atoms with van der Waals surface area (Å²) in [5, 5.41) is 0. The SMILES string of the molecule is C1=CC=CC=1N=Cc1ccncc1. The third-order valence-electron chi connectivity index (χ3n) is 1.64. The van der Waals surface area contributed by atoms with Gasteiger partial charge in [0.2, 0.25) is 0 Å². The Morgan fingerprint density at radius 3 is 2.85 bits per heavy atom. The Bertz CT molecular complexity index is 407. The number of rotatable bonds is 2. The number of aliphatic imine (C=N–C) groups is 1. The van der Waals surface area contributed by atoms with Crippen LogP contribution in [0.2, 0.25) is 0 Å². The van der Waals surface area contributed by atoms with Gasteiger partial charge >= 0.3 is 0 Å². The highest BCUT2D eigenvalue weighted by Crippen LogP contribution is 2.03. The second-order valence-electron chi connectivity index (χ2n) is 2.59. The molecule has 1 aliphatic rings. The molecule has 0 aromatic carbocycles. The first kappa shape index (κ1) is 7.71. The average Bonchev–Trinajstić information content (AvgIpc) is 2.69. The van der Waals surface area contributed by atoms with Crippen molar-refractivity contribution in [3.05, 3.63) is 59.7 Å². The Hall–Kier alpha value is -1.92. The summed E-state index contributed by atoms with van der Waals surface area (Å²) in [6, 6.07) is 3.82. The molecule has 0 aliphatic heterocycles. The maximum atomic E-state index is 4.23. The van der Waals surface area contributed by atoms with Crippen molar-refractivity contribution >= 4 is 6.21 Å². The third-order valence-corrected chi connectivity index (χ3v) is 1.64. The predicted octanol–water partition coefficient (Wildman–Crippen LogP) is 2.11. The van der Waals surface area contributed by atoms with Crippen LogP contribution in [-0.2, 0) is 0 Å². The Labute approximate surface area is 76.7 Å². The van der Waals surface area contributed by atoms with Gasteiger partial charge in [-0.1, -0.05) is 11.8 Å². The van der Waals surface area contributed by atoms with Gasteiger partial charge in [0.25, 0.3) is 0 Å². The molecule has 0 spiro atoms. The minimum atomic E-state index is 0.858. The topological polar surface area (TPSA) is 25.2 Å². The second-order valence-corrected chi connectivity index (χ2v) is 2.59. The van der Waals surface area contributed by atoms with E-state index in [1.807, 2.05) is 30.4 Å². The molecule has 0 radical (unpaired) electrons. The van der Waals surface area contributed by atoms with Crippen LogP contribution >= 0.6 is 0 Å². The molecular formula is C11H8N2. The van der Waals surface area contributed by atoms with Crippen LogP contribution in [0, 0.1) is 0 Å². The molecule has 0 saturated carbocycles. The summed E-state index contributed by atoms with van der Waals surface area (Å²) >= 11 is 0. The lowest BCUT2D eigenvalue weighted by atomic mass is 10.3. The van der Waals surface area contributed by atoms with E-state index in [2.05, 4.69) is 15.7 Å². The average molecular weight is 168 g/mol. The first-order valence-corrected chi connectivity index (χ1v) is 4.02. The van der Waals surface area contributed by atoms with Crippen LogP contribution in [0.1, 0.15) is 5.56 Å². The van der Waals surface area contributed by atoms with E-state index in [1.54, 1.807) is 18.6 Å². The molecule has 0 saturated heterocycles. The van der Waals surface area contributed by atoms with Crippen LogP contribution in [0.15, 0.2) is 59.2 Å². The molecule has 2 nitrogen and oxygen atoms in total. The monoisotopic (exact) mass is 168 g/mol. The van der Waals surface area contributed by atoms with E-state index in [0.717, 1.165) is 11.3 Å². The molecule has 62 valence electrons. The van der Waals surface area contributed by atoms with Crippen LogP contribution in [0.4, 0.5) is 0 Å². The van der Waals surface area contributed by atoms with Gasteiger partial charge in [-0.15, -0.1) is 0 Å². The highest BCUT2D eigenvalue weighted by atomic mass is 14.7. The van der Waals surface area contributed by atoms with Crippen LogP contribution in [0.25, 0.3) is 0 Å². The van der Waals surface area contributed by atoms with Gasteiger partial charge in [-0.25, -0.2) is 4.99 Å². The minimum absolute atomic E-state index is 0.858. The fraction of sp³-hybridized carbons (Fsp3) is 0. The molecule has 2 heteroatoms. The van der Waals surface area contributed by atoms with Crippen LogP contribution in [-0.4, -0.2) is 11.2 Å². The minimum Gasteiger partial charge on any atom is -0.265 e. The zero-order chi connectivity index (χ0) is 8.93. The van der Waals surface area contributed by atoms with Crippen molar-refractivity contribution in [3.8, 4) is 0 Å². The Morgan fingerprint density at radius 1 is 1.31 bits per heavy atom. The summed E-state index contributed by atoms with van der Waals surface area (Å²) in [6.45, 7) is 0. The van der Waals surface area contributed by atoms with E-state index in [9.17, 15) is 0 Å². The van der Waals surface area contributed by atoms with Gasteiger partial charge in [0, 0.05) is 18.6 Å². The number of hydrogen-bond donors (Lipinski definition) is 0. The van der Waals surface area contributed by atoms with E-state index >= 15 is 0 Å². The predicted molar refractivity (Wildman–Crippen MR) is 52.6 cm³/mol. The molecule has 0 amide bonds. The highest BCUT2D eigenvalue weighted by molar-refractivity contribution is 5.80. The van der Waals surface area contributed by atoms with Crippen molar-refractivity contribution in [1.29, 1.82) is 0 Å². The standard InChI is InChI=1S/C11H8N2/c1-2-4-11(3-1)13-9-10-5-7-12-8-6-10/h1-3,5-9H. The first-order valence-electron chi connectivity index (χ1n) is 4.02. The van der Waals surface area contributed by atoms with Gasteiger partial charge < -0.3 is 0 Å². The van der Waals surface area contributed by atoms with Crippen LogP contribution in [0.5, 0.6) is 0 Å². The zero-order valence-corrected chi connectivity index (χ0v) is 7.01. The highest BCUT2D eigenvalue weighted by Gasteiger charge is 1.88. The molecular weight excluding hydrogens is 160 g/mol. The summed E-state index contributed by atoms with van der Waals surface area (Å²) in [5.41, 5.74) is 4.90. The Balaban J connectivity index is 2.15. The van der Waals surface area contributed by atoms with E-state index in [1.165, 1.54) is 0 Å². The van der Waals surface area contributed by atoms with Crippen molar-refractivity contribution in [2.24, 2.45) is 4.99 Å². The summed E-state index contributed by atoms with van der Waals surface area (Å²) in [5.74, 6) is 0. The van der Waals surface area contributed by atoms with Crippen molar-refractivity contribution in [2.75, 3.05) is 0 Å². The fourth-order valence-electron chi connectivity index (χ4n) is 0.995. The Kier molecular flexibility index (Phi) is 2.17. The molecule has 0 fully saturated rings. The smallest absolute Gasteiger partial charge is 0.105 e. The number of nitrogens with zero attached hydrogens (tertiary/aromatic N) is 2. The van der Waals surface area contributed by atoms with Gasteiger partial charge in [-0.3, -0.25) is 4.98 Å². The lowest BCUT2D eigenvalue weighted by Gasteiger charge is -1.89. The molecule has 1 aliphatic carbocycles. The number of pyridine rings is 1. The number of hydrogen-bond acceptors (Lipinski definition) is 2. The molecule has 1 heterocycles. The molecule has 2 rings (SSSR count). The molecule has 13 heavy (non-hydrogen) atoms. The summed E-state index contributed by atoms with van der Waals surface area (Å²) in [7, 11) is 0. The summed E-state index contributed by atoms with van der Waals surface area (Å²) < 4.78 is 0. The normalized spacial score (nSPS) is 14.0. The van der Waals surface area contributed by atoms with E-state index in [0.29, 0.717) is 0 Å². The van der Waals surface area contributed by atoms with Gasteiger partial charge in [-0.2, -0.15) is 0 Å². The van der Waals surface area contributed by atoms with Crippen molar-refractivity contribution in [3.63, 3.8) is 0 Å². The van der Waals surface area contributed by atoms with Crippen LogP contribution in [0.3, 0.4) is 0 Å². The molecule has 0 bridgehead atoms. The molecule has 0 unspecified atom stereocenters. The van der Waals surface area contributed by atoms with Crippen molar-refractivity contribution in [1.82, 2.24) is 4.98 Å². The van der Waals surface area contributed by atoms with Crippen molar-refractivity contribution in [2.45, 2.75) is 0 Å². The van der Waals surface area contributed by atoms with Gasteiger partial charge in [0.05, 0.1) is 0 Å². The molecule has 0 atom stereocenters. The summed E-state index contributed by atoms with van der Waals surface area (Å²) in [4.78, 5) is 8.15. The van der Waals surface area contributed by atoms with Gasteiger partial charge in [-0.05, 0) is 29.8 Å². The Morgan fingerprint density at radius 2 is 2.15 bits per heavy atom. The maximum absolute atomic E-state index is 4.23. The van der Waals surface area contributed by atoms with Crippen molar-refractivity contribution < 1.29 is 0 Å². The number of aromatic nitrogens is 1. The summed E-state index contributed by atoms with van der Waals surface area (Å²) in [6.07, 6.45) is 11.0. The lowest BCUT2D eigenvalue weighted by Crippen LogP contribution is -1.80. The third kappa shape index (κ3) is 2.01. The fourth-order valence-corrected chi connectivity index (χ4v) is 0.995. The number of allylic oxidation sites excluding steroid dienone is 2. The van der Waals surface area contributed by atoms with Gasteiger partial charge in [0.1, 0.15) is 5.70 Å². The van der Waals surface area contributed by atoms with E-state index < -0.39 is 0 Å². The van der Waals surface area contributed by atoms with E-state index in [-0.39, 0.29) is 0 Å².